The van der Waals surface area contributed by atoms with Gasteiger partial charge in [-0.05, 0) is 32.4 Å². The van der Waals surface area contributed by atoms with Gasteiger partial charge in [-0.15, -0.1) is 5.10 Å². The summed E-state index contributed by atoms with van der Waals surface area (Å²) in [4.78, 5) is 21.1. The zero-order valence-corrected chi connectivity index (χ0v) is 17.6. The van der Waals surface area contributed by atoms with Gasteiger partial charge in [0.2, 0.25) is 11.8 Å². The summed E-state index contributed by atoms with van der Waals surface area (Å²) in [6.45, 7) is 6.09. The Hall–Kier alpha value is -3.88. The first-order chi connectivity index (χ1) is 15.0. The van der Waals surface area contributed by atoms with Crippen LogP contribution in [0.2, 0.25) is 0 Å². The van der Waals surface area contributed by atoms with Gasteiger partial charge in [0.25, 0.3) is 0 Å². The second-order valence-corrected chi connectivity index (χ2v) is 7.49. The minimum Gasteiger partial charge on any atom is -0.464 e. The Bertz CT molecular complexity index is 1170. The normalized spacial score (nSPS) is 11.5. The number of nitrogens with one attached hydrogen (secondary N) is 2. The summed E-state index contributed by atoms with van der Waals surface area (Å²) in [6.07, 6.45) is 4.92. The summed E-state index contributed by atoms with van der Waals surface area (Å²) >= 11 is 0. The lowest BCUT2D eigenvalue weighted by Crippen LogP contribution is -2.42. The molecule has 9 heteroatoms. The van der Waals surface area contributed by atoms with Crippen LogP contribution in [0.25, 0.3) is 17.0 Å². The minimum atomic E-state index is -1.00. The van der Waals surface area contributed by atoms with Gasteiger partial charge in [-0.1, -0.05) is 30.3 Å². The summed E-state index contributed by atoms with van der Waals surface area (Å²) in [5, 5.41) is 11.0. The number of ether oxygens (including phenoxy) is 1. The van der Waals surface area contributed by atoms with E-state index >= 15 is 0 Å². The number of hydrogen-bond donors (Lipinski definition) is 2. The van der Waals surface area contributed by atoms with Crippen LogP contribution in [-0.2, 0) is 16.1 Å². The van der Waals surface area contributed by atoms with Crippen molar-refractivity contribution >= 4 is 23.3 Å². The molecule has 0 bridgehead atoms. The van der Waals surface area contributed by atoms with Crippen molar-refractivity contribution in [3.63, 3.8) is 0 Å². The average molecular weight is 420 g/mol. The molecule has 0 atom stereocenters. The number of fused-ring (bicyclic) bond motifs is 1. The lowest BCUT2D eigenvalue weighted by Gasteiger charge is -2.24. The third-order valence-electron chi connectivity index (χ3n) is 4.66. The van der Waals surface area contributed by atoms with Crippen LogP contribution in [-0.4, -0.2) is 37.7 Å². The van der Waals surface area contributed by atoms with Crippen molar-refractivity contribution in [2.75, 3.05) is 17.2 Å². The fraction of sp³-hybridized carbons (Fsp3) is 0.273. The molecule has 0 saturated carbocycles. The highest BCUT2D eigenvalue weighted by Gasteiger charge is 2.30. The third kappa shape index (κ3) is 4.50. The number of oxazole rings is 1. The molecule has 0 unspecified atom stereocenters. The van der Waals surface area contributed by atoms with Crippen molar-refractivity contribution in [3.05, 3.63) is 60.6 Å². The summed E-state index contributed by atoms with van der Waals surface area (Å²) in [7, 11) is 0. The standard InChI is InChI=1S/C22H24N6O3/c1-4-30-20(29)22(2,3)26-21-25-18(24-13-15-8-6-5-7-9-15)17-12-16(14-28(17)27-21)19-23-10-11-31-19/h5-12,14H,4,13H2,1-3H3,(H2,24,25,26,27). The zero-order chi connectivity index (χ0) is 21.8. The van der Waals surface area contributed by atoms with Crippen molar-refractivity contribution in [1.29, 1.82) is 0 Å². The van der Waals surface area contributed by atoms with Gasteiger partial charge >= 0.3 is 5.97 Å². The average Bonchev–Trinajstić information content (AvgIpc) is 3.42. The Kier molecular flexibility index (Phi) is 5.57. The quantitative estimate of drug-likeness (QED) is 0.415. The van der Waals surface area contributed by atoms with E-state index in [0.717, 1.165) is 16.6 Å². The molecule has 0 amide bonds. The van der Waals surface area contributed by atoms with E-state index in [2.05, 4.69) is 25.7 Å². The monoisotopic (exact) mass is 420 g/mol. The van der Waals surface area contributed by atoms with E-state index in [0.29, 0.717) is 24.9 Å². The topological polar surface area (TPSA) is 107 Å². The molecule has 0 saturated heterocycles. The van der Waals surface area contributed by atoms with Crippen molar-refractivity contribution in [3.8, 4) is 11.5 Å². The van der Waals surface area contributed by atoms with E-state index in [1.165, 1.54) is 6.26 Å². The first kappa shape index (κ1) is 20.4. The number of esters is 1. The number of benzene rings is 1. The van der Waals surface area contributed by atoms with Crippen molar-refractivity contribution in [1.82, 2.24) is 19.6 Å². The first-order valence-corrected chi connectivity index (χ1v) is 10.00. The van der Waals surface area contributed by atoms with Crippen LogP contribution < -0.4 is 10.6 Å². The van der Waals surface area contributed by atoms with Crippen LogP contribution in [0.4, 0.5) is 11.8 Å². The Morgan fingerprint density at radius 3 is 2.77 bits per heavy atom. The second kappa shape index (κ2) is 8.47. The molecule has 3 heterocycles. The van der Waals surface area contributed by atoms with Gasteiger partial charge in [-0.25, -0.2) is 14.3 Å². The molecule has 4 aromatic rings. The second-order valence-electron chi connectivity index (χ2n) is 7.49. The predicted molar refractivity (Wildman–Crippen MR) is 117 cm³/mol. The number of hydrogen-bond acceptors (Lipinski definition) is 8. The third-order valence-corrected chi connectivity index (χ3v) is 4.66. The molecule has 3 aromatic heterocycles. The molecular weight excluding hydrogens is 396 g/mol. The van der Waals surface area contributed by atoms with E-state index in [1.807, 2.05) is 36.4 Å². The van der Waals surface area contributed by atoms with Crippen LogP contribution in [0.15, 0.2) is 59.5 Å². The smallest absolute Gasteiger partial charge is 0.331 e. The summed E-state index contributed by atoms with van der Waals surface area (Å²) < 4.78 is 12.3. The first-order valence-electron chi connectivity index (χ1n) is 10.00. The van der Waals surface area contributed by atoms with Gasteiger partial charge in [0.05, 0.1) is 18.4 Å². The van der Waals surface area contributed by atoms with Crippen molar-refractivity contribution in [2.45, 2.75) is 32.9 Å². The Morgan fingerprint density at radius 2 is 2.06 bits per heavy atom. The lowest BCUT2D eigenvalue weighted by molar-refractivity contribution is -0.147. The maximum Gasteiger partial charge on any atom is 0.331 e. The van der Waals surface area contributed by atoms with Gasteiger partial charge in [-0.3, -0.25) is 0 Å². The molecule has 0 aliphatic rings. The van der Waals surface area contributed by atoms with E-state index < -0.39 is 5.54 Å². The molecule has 160 valence electrons. The van der Waals surface area contributed by atoms with Crippen LogP contribution in [0.1, 0.15) is 26.3 Å². The molecule has 4 rings (SSSR count). The predicted octanol–water partition coefficient (Wildman–Crippen LogP) is 3.75. The number of carbonyl (C=O) groups is 1. The molecular formula is C22H24N6O3. The molecule has 0 aliphatic heterocycles. The Labute approximate surface area is 179 Å². The van der Waals surface area contributed by atoms with E-state index in [-0.39, 0.29) is 11.9 Å². The van der Waals surface area contributed by atoms with Crippen LogP contribution in [0.3, 0.4) is 0 Å². The number of aromatic nitrogens is 4. The highest BCUT2D eigenvalue weighted by molar-refractivity contribution is 5.83. The van der Waals surface area contributed by atoms with Crippen LogP contribution in [0, 0.1) is 0 Å². The molecule has 0 aliphatic carbocycles. The fourth-order valence-electron chi connectivity index (χ4n) is 3.09. The van der Waals surface area contributed by atoms with Crippen LogP contribution >= 0.6 is 0 Å². The molecule has 0 fully saturated rings. The van der Waals surface area contributed by atoms with Gasteiger partial charge in [0.1, 0.15) is 17.3 Å². The summed E-state index contributed by atoms with van der Waals surface area (Å²) in [5.41, 5.74) is 1.63. The minimum absolute atomic E-state index is 0.288. The van der Waals surface area contributed by atoms with E-state index in [4.69, 9.17) is 9.15 Å². The number of nitrogens with zero attached hydrogens (tertiary/aromatic N) is 4. The Balaban J connectivity index is 1.70. The Morgan fingerprint density at radius 1 is 1.26 bits per heavy atom. The van der Waals surface area contributed by atoms with Gasteiger partial charge in [-0.2, -0.15) is 4.98 Å². The SMILES string of the molecule is CCOC(=O)C(C)(C)Nc1nc(NCc2ccccc2)c2cc(-c3ncco3)cn2n1. The molecule has 1 aromatic carbocycles. The van der Waals surface area contributed by atoms with Crippen LogP contribution in [0.5, 0.6) is 0 Å². The largest absolute Gasteiger partial charge is 0.464 e. The number of anilines is 2. The van der Waals surface area contributed by atoms with Crippen molar-refractivity contribution in [2.24, 2.45) is 0 Å². The summed E-state index contributed by atoms with van der Waals surface area (Å²) in [6, 6.07) is 11.9. The van der Waals surface area contributed by atoms with E-state index in [1.54, 1.807) is 37.7 Å². The van der Waals surface area contributed by atoms with E-state index in [9.17, 15) is 4.79 Å². The fourth-order valence-corrected chi connectivity index (χ4v) is 3.09. The van der Waals surface area contributed by atoms with Gasteiger partial charge in [0, 0.05) is 12.7 Å². The molecule has 0 radical (unpaired) electrons. The molecule has 9 nitrogen and oxygen atoms in total. The summed E-state index contributed by atoms with van der Waals surface area (Å²) in [5.74, 6) is 1.00. The maximum atomic E-state index is 12.3. The lowest BCUT2D eigenvalue weighted by atomic mass is 10.1. The van der Waals surface area contributed by atoms with Gasteiger partial charge < -0.3 is 19.8 Å². The van der Waals surface area contributed by atoms with Crippen molar-refractivity contribution < 1.29 is 13.9 Å². The molecule has 0 spiro atoms. The number of rotatable bonds is 8. The number of carbonyl (C=O) groups excluding carboxylic acids is 1. The zero-order valence-electron chi connectivity index (χ0n) is 17.6. The molecule has 31 heavy (non-hydrogen) atoms. The molecule has 2 N–H and O–H groups in total. The maximum absolute atomic E-state index is 12.3. The highest BCUT2D eigenvalue weighted by Crippen LogP contribution is 2.26. The highest BCUT2D eigenvalue weighted by atomic mass is 16.5. The van der Waals surface area contributed by atoms with Gasteiger partial charge in [0.15, 0.2) is 5.82 Å².